The van der Waals surface area contributed by atoms with E-state index in [4.69, 9.17) is 0 Å². The van der Waals surface area contributed by atoms with E-state index in [-0.39, 0.29) is 28.9 Å². The molecule has 6 nitrogen and oxygen atoms in total. The maximum atomic E-state index is 12.3. The molecule has 1 aliphatic rings. The molecule has 1 aliphatic heterocycles. The van der Waals surface area contributed by atoms with Crippen molar-refractivity contribution in [3.8, 4) is 0 Å². The first kappa shape index (κ1) is 16.1. The Balaban J connectivity index is 2.23. The van der Waals surface area contributed by atoms with E-state index in [9.17, 15) is 14.7 Å². The molecular weight excluding hydrogens is 306 g/mol. The second-order valence-electron chi connectivity index (χ2n) is 6.60. The molecule has 0 radical (unpaired) electrons. The highest BCUT2D eigenvalue weighted by Gasteiger charge is 2.43. The molecule has 3 rings (SSSR count). The maximum Gasteiger partial charge on any atom is 0.338 e. The molecule has 6 heteroatoms. The van der Waals surface area contributed by atoms with Crippen molar-refractivity contribution in [1.29, 1.82) is 0 Å². The van der Waals surface area contributed by atoms with Gasteiger partial charge in [-0.2, -0.15) is 0 Å². The number of hydrogen-bond acceptors (Lipinski definition) is 4. The first-order chi connectivity index (χ1) is 11.2. The van der Waals surface area contributed by atoms with E-state index in [0.29, 0.717) is 5.52 Å². The standard InChI is InChI=1S/C18H19N3O3/c1-9(2)18(4)17(24)20-15(21-18)14-12(16(22)23)8-11-6-5-10(3)7-13(11)19-14/h5-9H,1-4H3,(H,22,23)(H,20,21,24). The van der Waals surface area contributed by atoms with Crippen LogP contribution in [0.25, 0.3) is 10.9 Å². The Bertz CT molecular complexity index is 902. The predicted octanol–water partition coefficient (Wildman–Crippen LogP) is 2.53. The van der Waals surface area contributed by atoms with E-state index >= 15 is 0 Å². The first-order valence-electron chi connectivity index (χ1n) is 7.79. The van der Waals surface area contributed by atoms with Gasteiger partial charge >= 0.3 is 5.97 Å². The van der Waals surface area contributed by atoms with Crippen LogP contribution in [-0.4, -0.2) is 33.3 Å². The number of aromatic carboxylic acids is 1. The molecule has 2 N–H and O–H groups in total. The van der Waals surface area contributed by atoms with E-state index in [1.54, 1.807) is 13.0 Å². The number of aromatic nitrogens is 1. The summed E-state index contributed by atoms with van der Waals surface area (Å²) >= 11 is 0. The van der Waals surface area contributed by atoms with E-state index in [1.165, 1.54) is 0 Å². The van der Waals surface area contributed by atoms with Crippen molar-refractivity contribution in [3.63, 3.8) is 0 Å². The summed E-state index contributed by atoms with van der Waals surface area (Å²) in [7, 11) is 0. The highest BCUT2D eigenvalue weighted by molar-refractivity contribution is 6.18. The van der Waals surface area contributed by atoms with Gasteiger partial charge in [0, 0.05) is 5.39 Å². The van der Waals surface area contributed by atoms with Gasteiger partial charge in [0.25, 0.3) is 5.91 Å². The molecule has 0 saturated heterocycles. The first-order valence-corrected chi connectivity index (χ1v) is 7.79. The number of carbonyl (C=O) groups excluding carboxylic acids is 1. The third-order valence-electron chi connectivity index (χ3n) is 4.59. The van der Waals surface area contributed by atoms with Crippen LogP contribution in [0.3, 0.4) is 0 Å². The lowest BCUT2D eigenvalue weighted by atomic mass is 9.89. The summed E-state index contributed by atoms with van der Waals surface area (Å²) in [4.78, 5) is 32.9. The predicted molar refractivity (Wildman–Crippen MR) is 91.4 cm³/mol. The molecule has 0 aliphatic carbocycles. The van der Waals surface area contributed by atoms with Crippen LogP contribution in [0.1, 0.15) is 42.4 Å². The summed E-state index contributed by atoms with van der Waals surface area (Å²) < 4.78 is 0. The Morgan fingerprint density at radius 2 is 2.00 bits per heavy atom. The number of benzene rings is 1. The van der Waals surface area contributed by atoms with Crippen LogP contribution in [0.4, 0.5) is 0 Å². The fourth-order valence-electron chi connectivity index (χ4n) is 2.67. The molecule has 24 heavy (non-hydrogen) atoms. The summed E-state index contributed by atoms with van der Waals surface area (Å²) in [6, 6.07) is 7.18. The zero-order valence-electron chi connectivity index (χ0n) is 14.0. The van der Waals surface area contributed by atoms with Crippen molar-refractivity contribution < 1.29 is 14.7 Å². The lowest BCUT2D eigenvalue weighted by molar-refractivity contribution is -0.124. The molecule has 1 aromatic carbocycles. The number of carboxylic acid groups (broad SMARTS) is 1. The normalized spacial score (nSPS) is 20.4. The Morgan fingerprint density at radius 1 is 1.29 bits per heavy atom. The number of pyridine rings is 1. The van der Waals surface area contributed by atoms with Gasteiger partial charge in [-0.1, -0.05) is 26.0 Å². The molecule has 2 heterocycles. The molecule has 0 fully saturated rings. The molecule has 1 amide bonds. The van der Waals surface area contributed by atoms with Gasteiger partial charge in [-0.25, -0.2) is 14.8 Å². The van der Waals surface area contributed by atoms with Gasteiger partial charge in [-0.05, 0) is 37.5 Å². The van der Waals surface area contributed by atoms with Crippen molar-refractivity contribution in [2.45, 2.75) is 33.2 Å². The van der Waals surface area contributed by atoms with Gasteiger partial charge < -0.3 is 10.4 Å². The lowest BCUT2D eigenvalue weighted by Gasteiger charge is -2.21. The van der Waals surface area contributed by atoms with Gasteiger partial charge in [0.2, 0.25) is 0 Å². The molecule has 0 spiro atoms. The number of aliphatic imine (C=N–C) groups is 1. The van der Waals surface area contributed by atoms with Crippen LogP contribution >= 0.6 is 0 Å². The largest absolute Gasteiger partial charge is 0.478 e. The number of carboxylic acids is 1. The highest BCUT2D eigenvalue weighted by atomic mass is 16.4. The molecule has 0 bridgehead atoms. The molecular formula is C18H19N3O3. The van der Waals surface area contributed by atoms with Crippen LogP contribution in [0.15, 0.2) is 29.3 Å². The van der Waals surface area contributed by atoms with E-state index < -0.39 is 11.5 Å². The van der Waals surface area contributed by atoms with Crippen molar-refractivity contribution in [2.75, 3.05) is 0 Å². The van der Waals surface area contributed by atoms with E-state index in [1.807, 2.05) is 39.0 Å². The Kier molecular flexibility index (Phi) is 3.63. The fraction of sp³-hybridized carbons (Fsp3) is 0.333. The molecule has 1 aromatic heterocycles. The molecule has 1 unspecified atom stereocenters. The van der Waals surface area contributed by atoms with Gasteiger partial charge in [0.1, 0.15) is 11.2 Å². The summed E-state index contributed by atoms with van der Waals surface area (Å²) in [6.45, 7) is 7.49. The third-order valence-corrected chi connectivity index (χ3v) is 4.59. The van der Waals surface area contributed by atoms with Gasteiger partial charge in [0.05, 0.1) is 11.1 Å². The maximum absolute atomic E-state index is 12.3. The summed E-state index contributed by atoms with van der Waals surface area (Å²) in [5.41, 5.74) is 0.990. The topological polar surface area (TPSA) is 91.6 Å². The third kappa shape index (κ3) is 2.44. The number of amides is 1. The van der Waals surface area contributed by atoms with E-state index in [0.717, 1.165) is 10.9 Å². The average Bonchev–Trinajstić information content (AvgIpc) is 2.82. The minimum Gasteiger partial charge on any atom is -0.478 e. The average molecular weight is 325 g/mol. The van der Waals surface area contributed by atoms with Crippen molar-refractivity contribution in [2.24, 2.45) is 10.9 Å². The minimum atomic E-state index is -1.10. The van der Waals surface area contributed by atoms with Gasteiger partial charge in [-0.3, -0.25) is 4.79 Å². The zero-order chi connectivity index (χ0) is 17.6. The SMILES string of the molecule is Cc1ccc2cc(C(=O)O)c(C3=NC(C)(C(C)C)C(=O)N3)nc2c1. The smallest absolute Gasteiger partial charge is 0.338 e. The Hall–Kier alpha value is -2.76. The monoisotopic (exact) mass is 325 g/mol. The minimum absolute atomic E-state index is 0.0222. The summed E-state index contributed by atoms with van der Waals surface area (Å²) in [6.07, 6.45) is 0. The van der Waals surface area contributed by atoms with Gasteiger partial charge in [-0.15, -0.1) is 0 Å². The van der Waals surface area contributed by atoms with Crippen LogP contribution in [0, 0.1) is 12.8 Å². The van der Waals surface area contributed by atoms with Crippen molar-refractivity contribution in [3.05, 3.63) is 41.1 Å². The van der Waals surface area contributed by atoms with Crippen LogP contribution in [0.2, 0.25) is 0 Å². The second-order valence-corrected chi connectivity index (χ2v) is 6.60. The molecule has 2 aromatic rings. The number of carbonyl (C=O) groups is 2. The van der Waals surface area contributed by atoms with Crippen LogP contribution in [-0.2, 0) is 4.79 Å². The number of hydrogen-bond donors (Lipinski definition) is 2. The number of amidine groups is 1. The van der Waals surface area contributed by atoms with E-state index in [2.05, 4.69) is 15.3 Å². The lowest BCUT2D eigenvalue weighted by Crippen LogP contribution is -2.41. The molecule has 1 atom stereocenters. The fourth-order valence-corrected chi connectivity index (χ4v) is 2.67. The zero-order valence-corrected chi connectivity index (χ0v) is 14.0. The highest BCUT2D eigenvalue weighted by Crippen LogP contribution is 2.28. The van der Waals surface area contributed by atoms with Crippen LogP contribution in [0.5, 0.6) is 0 Å². The molecule has 124 valence electrons. The Labute approximate surface area is 139 Å². The number of nitrogens with zero attached hydrogens (tertiary/aromatic N) is 2. The second kappa shape index (κ2) is 5.40. The summed E-state index contributed by atoms with van der Waals surface area (Å²) in [5, 5.41) is 13.0. The van der Waals surface area contributed by atoms with Crippen molar-refractivity contribution >= 4 is 28.6 Å². The van der Waals surface area contributed by atoms with Crippen LogP contribution < -0.4 is 5.32 Å². The van der Waals surface area contributed by atoms with Crippen molar-refractivity contribution in [1.82, 2.24) is 10.3 Å². The Morgan fingerprint density at radius 3 is 2.58 bits per heavy atom. The van der Waals surface area contributed by atoms with Gasteiger partial charge in [0.15, 0.2) is 5.84 Å². The number of aryl methyl sites for hydroxylation is 1. The molecule has 0 saturated carbocycles. The summed E-state index contributed by atoms with van der Waals surface area (Å²) in [5.74, 6) is -1.15. The quantitative estimate of drug-likeness (QED) is 0.907. The number of nitrogens with one attached hydrogen (secondary N) is 1. The number of fused-ring (bicyclic) bond motifs is 1. The number of rotatable bonds is 3.